The van der Waals surface area contributed by atoms with E-state index in [0.717, 1.165) is 18.4 Å². The van der Waals surface area contributed by atoms with E-state index in [0.29, 0.717) is 6.42 Å². The Balaban J connectivity index is 2.67. The van der Waals surface area contributed by atoms with Crippen LogP contribution in [0.25, 0.3) is 0 Å². The van der Waals surface area contributed by atoms with Gasteiger partial charge in [-0.25, -0.2) is 0 Å². The largest absolute Gasteiger partial charge is 0.357 e. The van der Waals surface area contributed by atoms with E-state index < -0.39 is 6.04 Å². The van der Waals surface area contributed by atoms with Crippen LogP contribution >= 0.6 is 0 Å². The van der Waals surface area contributed by atoms with Gasteiger partial charge in [-0.05, 0) is 32.4 Å². The Morgan fingerprint density at radius 3 is 2.53 bits per heavy atom. The molecule has 0 saturated heterocycles. The Labute approximate surface area is 114 Å². The summed E-state index contributed by atoms with van der Waals surface area (Å²) in [5.41, 5.74) is 1.09. The third kappa shape index (κ3) is 4.87. The lowest BCUT2D eigenvalue weighted by Gasteiger charge is -2.20. The summed E-state index contributed by atoms with van der Waals surface area (Å²) >= 11 is 0. The summed E-state index contributed by atoms with van der Waals surface area (Å²) in [5, 5.41) is 8.23. The molecule has 3 N–H and O–H groups in total. The molecule has 0 spiro atoms. The fourth-order valence-electron chi connectivity index (χ4n) is 1.87. The number of amides is 2. The van der Waals surface area contributed by atoms with Gasteiger partial charge in [0.05, 0.1) is 6.04 Å². The molecule has 5 nitrogen and oxygen atoms in total. The third-order valence-electron chi connectivity index (χ3n) is 3.22. The van der Waals surface area contributed by atoms with Crippen molar-refractivity contribution < 1.29 is 9.59 Å². The summed E-state index contributed by atoms with van der Waals surface area (Å²) in [6, 6.07) is -0.842. The van der Waals surface area contributed by atoms with E-state index in [2.05, 4.69) is 28.1 Å². The Hall–Kier alpha value is -1.62. The van der Waals surface area contributed by atoms with Crippen LogP contribution in [0.2, 0.25) is 0 Å². The lowest BCUT2D eigenvalue weighted by molar-refractivity contribution is -0.129. The van der Waals surface area contributed by atoms with Gasteiger partial charge in [0.1, 0.15) is 6.04 Å². The van der Waals surface area contributed by atoms with Crippen molar-refractivity contribution in [2.75, 3.05) is 14.1 Å². The molecule has 1 aliphatic rings. The normalized spacial score (nSPS) is 17.3. The van der Waals surface area contributed by atoms with E-state index in [9.17, 15) is 9.59 Å². The fourth-order valence-corrected chi connectivity index (χ4v) is 1.87. The predicted octanol–water partition coefficient (Wildman–Crippen LogP) is 0.492. The Morgan fingerprint density at radius 1 is 1.26 bits per heavy atom. The van der Waals surface area contributed by atoms with Crippen LogP contribution < -0.4 is 16.0 Å². The number of likely N-dealkylation sites (N-methyl/N-ethyl adjacent to an activating group) is 2. The lowest BCUT2D eigenvalue weighted by atomic mass is 9.99. The zero-order chi connectivity index (χ0) is 14.3. The van der Waals surface area contributed by atoms with Crippen LogP contribution in [-0.2, 0) is 9.59 Å². The molecule has 0 saturated carbocycles. The maximum Gasteiger partial charge on any atom is 0.242 e. The average molecular weight is 265 g/mol. The number of hydrogen-bond acceptors (Lipinski definition) is 3. The van der Waals surface area contributed by atoms with Gasteiger partial charge in [0.15, 0.2) is 0 Å². The molecule has 0 fully saturated rings. The first-order valence-corrected chi connectivity index (χ1v) is 6.63. The number of hydrogen-bond donors (Lipinski definition) is 3. The van der Waals surface area contributed by atoms with Crippen LogP contribution in [-0.4, -0.2) is 38.0 Å². The van der Waals surface area contributed by atoms with Gasteiger partial charge in [-0.2, -0.15) is 0 Å². The van der Waals surface area contributed by atoms with E-state index in [1.165, 1.54) is 0 Å². The van der Waals surface area contributed by atoms with Crippen molar-refractivity contribution in [2.45, 2.75) is 38.3 Å². The van der Waals surface area contributed by atoms with Gasteiger partial charge in [-0.15, -0.1) is 0 Å². The highest BCUT2D eigenvalue weighted by molar-refractivity contribution is 5.89. The fraction of sp³-hybridized carbons (Fsp3) is 0.571. The molecular weight excluding hydrogens is 242 g/mol. The zero-order valence-corrected chi connectivity index (χ0v) is 11.8. The van der Waals surface area contributed by atoms with Crippen molar-refractivity contribution in [3.8, 4) is 0 Å². The molecule has 0 heterocycles. The summed E-state index contributed by atoms with van der Waals surface area (Å²) in [4.78, 5) is 23.7. The number of rotatable bonds is 6. The third-order valence-corrected chi connectivity index (χ3v) is 3.22. The van der Waals surface area contributed by atoms with Crippen LogP contribution in [0.4, 0.5) is 0 Å². The smallest absolute Gasteiger partial charge is 0.242 e. The van der Waals surface area contributed by atoms with E-state index in [4.69, 9.17) is 0 Å². The molecule has 2 atom stereocenters. The molecule has 0 aromatic carbocycles. The minimum Gasteiger partial charge on any atom is -0.357 e. The minimum atomic E-state index is -0.526. The van der Waals surface area contributed by atoms with Crippen LogP contribution in [0.1, 0.15) is 26.2 Å². The molecule has 0 aliphatic heterocycles. The summed E-state index contributed by atoms with van der Waals surface area (Å²) in [6.45, 7) is 1.76. The van der Waals surface area contributed by atoms with Crippen molar-refractivity contribution in [3.05, 3.63) is 23.8 Å². The SMILES string of the molecule is CNC(=O)C(CC1=CCCC=C1)NC(=O)C(C)NC. The molecule has 2 amide bonds. The number of allylic oxidation sites excluding steroid dienone is 3. The molecule has 19 heavy (non-hydrogen) atoms. The molecule has 1 rings (SSSR count). The second-order valence-electron chi connectivity index (χ2n) is 4.65. The van der Waals surface area contributed by atoms with Crippen molar-refractivity contribution in [3.63, 3.8) is 0 Å². The topological polar surface area (TPSA) is 70.2 Å². The summed E-state index contributed by atoms with van der Waals surface area (Å²) in [5.74, 6) is -0.340. The van der Waals surface area contributed by atoms with E-state index in [-0.39, 0.29) is 17.9 Å². The first-order chi connectivity index (χ1) is 9.08. The number of carbonyl (C=O) groups is 2. The molecule has 106 valence electrons. The Bertz CT molecular complexity index is 388. The van der Waals surface area contributed by atoms with E-state index >= 15 is 0 Å². The predicted molar refractivity (Wildman–Crippen MR) is 75.6 cm³/mol. The van der Waals surface area contributed by atoms with E-state index in [1.54, 1.807) is 21.0 Å². The van der Waals surface area contributed by atoms with Crippen molar-refractivity contribution in [1.82, 2.24) is 16.0 Å². The summed E-state index contributed by atoms with van der Waals surface area (Å²) in [7, 11) is 3.29. The van der Waals surface area contributed by atoms with Gasteiger partial charge in [0, 0.05) is 13.5 Å². The highest BCUT2D eigenvalue weighted by atomic mass is 16.2. The van der Waals surface area contributed by atoms with Gasteiger partial charge in [-0.1, -0.05) is 18.2 Å². The number of carbonyl (C=O) groups excluding carboxylic acids is 2. The van der Waals surface area contributed by atoms with Gasteiger partial charge in [-0.3, -0.25) is 9.59 Å². The second kappa shape index (κ2) is 7.74. The van der Waals surface area contributed by atoms with Crippen molar-refractivity contribution >= 4 is 11.8 Å². The molecule has 1 aliphatic carbocycles. The summed E-state index contributed by atoms with van der Waals surface area (Å²) in [6.07, 6.45) is 8.79. The maximum absolute atomic E-state index is 11.9. The van der Waals surface area contributed by atoms with Crippen molar-refractivity contribution in [2.24, 2.45) is 0 Å². The number of nitrogens with one attached hydrogen (secondary N) is 3. The van der Waals surface area contributed by atoms with Crippen LogP contribution in [0.15, 0.2) is 23.8 Å². The molecule has 0 aromatic heterocycles. The monoisotopic (exact) mass is 265 g/mol. The molecular formula is C14H23N3O2. The van der Waals surface area contributed by atoms with Crippen LogP contribution in [0.5, 0.6) is 0 Å². The van der Waals surface area contributed by atoms with E-state index in [1.807, 2.05) is 6.08 Å². The van der Waals surface area contributed by atoms with Gasteiger partial charge >= 0.3 is 0 Å². The Morgan fingerprint density at radius 2 is 2.00 bits per heavy atom. The first kappa shape index (κ1) is 15.4. The quantitative estimate of drug-likeness (QED) is 0.654. The molecule has 2 unspecified atom stereocenters. The van der Waals surface area contributed by atoms with Crippen LogP contribution in [0, 0.1) is 0 Å². The highest BCUT2D eigenvalue weighted by Crippen LogP contribution is 2.15. The van der Waals surface area contributed by atoms with Crippen molar-refractivity contribution in [1.29, 1.82) is 0 Å². The first-order valence-electron chi connectivity index (χ1n) is 6.63. The van der Waals surface area contributed by atoms with Gasteiger partial charge < -0.3 is 16.0 Å². The minimum absolute atomic E-state index is 0.170. The van der Waals surface area contributed by atoms with Gasteiger partial charge in [0.25, 0.3) is 0 Å². The lowest BCUT2D eigenvalue weighted by Crippen LogP contribution is -2.51. The molecule has 0 bridgehead atoms. The Kier molecular flexibility index (Phi) is 6.29. The molecule has 0 radical (unpaired) electrons. The highest BCUT2D eigenvalue weighted by Gasteiger charge is 2.22. The second-order valence-corrected chi connectivity index (χ2v) is 4.65. The molecule has 0 aromatic rings. The van der Waals surface area contributed by atoms with Gasteiger partial charge in [0.2, 0.25) is 11.8 Å². The van der Waals surface area contributed by atoms with Crippen LogP contribution in [0.3, 0.4) is 0 Å². The zero-order valence-electron chi connectivity index (χ0n) is 11.8. The standard InChI is InChI=1S/C14H23N3O2/c1-10(15-2)13(18)17-12(14(19)16-3)9-11-7-5-4-6-8-11/h5,7-8,10,12,15H,4,6,9H2,1-3H3,(H,16,19)(H,17,18). The molecule has 5 heteroatoms. The maximum atomic E-state index is 11.9. The average Bonchev–Trinajstić information content (AvgIpc) is 2.45. The summed E-state index contributed by atoms with van der Waals surface area (Å²) < 4.78 is 0.